The molecule has 31 heavy (non-hydrogen) atoms. The van der Waals surface area contributed by atoms with Crippen molar-refractivity contribution in [2.45, 2.75) is 13.5 Å². The number of para-hydroxylation sites is 1. The molecule has 1 heterocycles. The summed E-state index contributed by atoms with van der Waals surface area (Å²) < 4.78 is 0. The maximum Gasteiger partial charge on any atom is 0.231 e. The highest BCUT2D eigenvalue weighted by Crippen LogP contribution is 2.32. The van der Waals surface area contributed by atoms with Crippen LogP contribution in [0.25, 0.3) is 22.2 Å². The minimum absolute atomic E-state index is 0.691. The minimum atomic E-state index is 0.691. The largest absolute Gasteiger partial charge is 0.306 e. The predicted molar refractivity (Wildman–Crippen MR) is 128 cm³/mol. The van der Waals surface area contributed by atoms with Crippen LogP contribution in [0.4, 0.5) is 11.6 Å². The average Bonchev–Trinajstić information content (AvgIpc) is 2.84. The van der Waals surface area contributed by atoms with Crippen LogP contribution in [0.5, 0.6) is 0 Å². The Bertz CT molecular complexity index is 1300. The molecule has 5 rings (SSSR count). The third-order valence-corrected chi connectivity index (χ3v) is 5.38. The van der Waals surface area contributed by atoms with Crippen LogP contribution in [0.2, 0.25) is 0 Å². The van der Waals surface area contributed by atoms with E-state index in [4.69, 9.17) is 9.97 Å². The van der Waals surface area contributed by atoms with E-state index in [0.717, 1.165) is 27.8 Å². The van der Waals surface area contributed by atoms with Gasteiger partial charge in [0.15, 0.2) is 0 Å². The molecule has 3 nitrogen and oxygen atoms in total. The van der Waals surface area contributed by atoms with Gasteiger partial charge >= 0.3 is 0 Å². The molecule has 0 amide bonds. The fourth-order valence-electron chi connectivity index (χ4n) is 3.82. The second-order valence-electron chi connectivity index (χ2n) is 7.67. The summed E-state index contributed by atoms with van der Waals surface area (Å²) >= 11 is 0. The number of aryl methyl sites for hydroxylation is 1. The molecule has 0 N–H and O–H groups in total. The van der Waals surface area contributed by atoms with Gasteiger partial charge in [0.1, 0.15) is 0 Å². The predicted octanol–water partition coefficient (Wildman–Crippen LogP) is 6.94. The van der Waals surface area contributed by atoms with Crippen LogP contribution in [-0.2, 0) is 6.54 Å². The van der Waals surface area contributed by atoms with Gasteiger partial charge in [-0.2, -0.15) is 0 Å². The van der Waals surface area contributed by atoms with Crippen LogP contribution in [0.15, 0.2) is 109 Å². The number of hydrogen-bond acceptors (Lipinski definition) is 3. The smallest absolute Gasteiger partial charge is 0.231 e. The summed E-state index contributed by atoms with van der Waals surface area (Å²) in [4.78, 5) is 12.3. The van der Waals surface area contributed by atoms with Gasteiger partial charge in [0.2, 0.25) is 5.95 Å². The second-order valence-corrected chi connectivity index (χ2v) is 7.67. The van der Waals surface area contributed by atoms with E-state index >= 15 is 0 Å². The molecular weight excluding hydrogens is 378 g/mol. The monoisotopic (exact) mass is 401 g/mol. The van der Waals surface area contributed by atoms with Gasteiger partial charge in [-0.05, 0) is 36.8 Å². The van der Waals surface area contributed by atoms with Gasteiger partial charge in [0.05, 0.1) is 17.8 Å². The van der Waals surface area contributed by atoms with Crippen molar-refractivity contribution in [1.82, 2.24) is 9.97 Å². The van der Waals surface area contributed by atoms with Crippen molar-refractivity contribution in [1.29, 1.82) is 0 Å². The number of fused-ring (bicyclic) bond motifs is 1. The number of anilines is 2. The molecule has 0 radical (unpaired) electrons. The fraction of sp³-hybridized carbons (Fsp3) is 0.0714. The molecule has 0 bridgehead atoms. The Morgan fingerprint density at radius 1 is 0.677 bits per heavy atom. The van der Waals surface area contributed by atoms with Gasteiger partial charge in [0, 0.05) is 16.6 Å². The summed E-state index contributed by atoms with van der Waals surface area (Å²) in [6, 6.07) is 37.5. The van der Waals surface area contributed by atoms with E-state index in [1.807, 2.05) is 18.2 Å². The van der Waals surface area contributed by atoms with E-state index in [1.165, 1.54) is 11.1 Å². The third kappa shape index (κ3) is 4.03. The van der Waals surface area contributed by atoms with Crippen LogP contribution in [0.3, 0.4) is 0 Å². The maximum atomic E-state index is 5.10. The van der Waals surface area contributed by atoms with Crippen LogP contribution < -0.4 is 4.90 Å². The first-order valence-corrected chi connectivity index (χ1v) is 10.5. The molecule has 0 atom stereocenters. The number of benzene rings is 4. The highest BCUT2D eigenvalue weighted by atomic mass is 15.3. The van der Waals surface area contributed by atoms with Crippen molar-refractivity contribution in [2.75, 3.05) is 4.90 Å². The van der Waals surface area contributed by atoms with Crippen molar-refractivity contribution < 1.29 is 0 Å². The molecule has 0 aliphatic heterocycles. The first-order valence-electron chi connectivity index (χ1n) is 10.5. The number of aromatic nitrogens is 2. The highest BCUT2D eigenvalue weighted by Gasteiger charge is 2.17. The second kappa shape index (κ2) is 8.41. The lowest BCUT2D eigenvalue weighted by Gasteiger charge is -2.24. The highest BCUT2D eigenvalue weighted by molar-refractivity contribution is 5.94. The summed E-state index contributed by atoms with van der Waals surface area (Å²) in [6.45, 7) is 2.80. The SMILES string of the molecule is Cc1ccc2nc(N(Cc3ccccc3)c3ccccc3)nc(-c3ccccc3)c2c1. The molecule has 0 saturated carbocycles. The zero-order valence-electron chi connectivity index (χ0n) is 17.4. The van der Waals surface area contributed by atoms with Gasteiger partial charge in [-0.1, -0.05) is 90.5 Å². The molecule has 0 aliphatic rings. The maximum absolute atomic E-state index is 5.10. The Balaban J connectivity index is 1.71. The van der Waals surface area contributed by atoms with Crippen molar-refractivity contribution in [3.8, 4) is 11.3 Å². The van der Waals surface area contributed by atoms with E-state index in [2.05, 4.69) is 103 Å². The van der Waals surface area contributed by atoms with E-state index in [0.29, 0.717) is 12.5 Å². The lowest BCUT2D eigenvalue weighted by Crippen LogP contribution is -2.19. The molecule has 0 aliphatic carbocycles. The molecule has 0 spiro atoms. The number of nitrogens with zero attached hydrogens (tertiary/aromatic N) is 3. The Hall–Kier alpha value is -3.98. The summed E-state index contributed by atoms with van der Waals surface area (Å²) in [5.41, 5.74) is 6.47. The van der Waals surface area contributed by atoms with E-state index in [1.54, 1.807) is 0 Å². The van der Waals surface area contributed by atoms with E-state index < -0.39 is 0 Å². The molecule has 3 heteroatoms. The Kier molecular flexibility index (Phi) is 5.16. The van der Waals surface area contributed by atoms with Crippen molar-refractivity contribution in [2.24, 2.45) is 0 Å². The minimum Gasteiger partial charge on any atom is -0.306 e. The van der Waals surface area contributed by atoms with Crippen LogP contribution in [0.1, 0.15) is 11.1 Å². The molecule has 1 aromatic heterocycles. The fourth-order valence-corrected chi connectivity index (χ4v) is 3.82. The summed E-state index contributed by atoms with van der Waals surface area (Å²) in [5.74, 6) is 0.699. The zero-order chi connectivity index (χ0) is 21.0. The number of rotatable bonds is 5. The molecular formula is C28H23N3. The van der Waals surface area contributed by atoms with Crippen LogP contribution in [-0.4, -0.2) is 9.97 Å². The lowest BCUT2D eigenvalue weighted by atomic mass is 10.0. The normalized spacial score (nSPS) is 10.9. The topological polar surface area (TPSA) is 29.0 Å². The molecule has 5 aromatic rings. The first kappa shape index (κ1) is 19.0. The quantitative estimate of drug-likeness (QED) is 0.319. The molecule has 0 unspecified atom stereocenters. The molecule has 0 fully saturated rings. The van der Waals surface area contributed by atoms with Crippen molar-refractivity contribution >= 4 is 22.5 Å². The first-order chi connectivity index (χ1) is 15.3. The Morgan fingerprint density at radius 3 is 2.03 bits per heavy atom. The lowest BCUT2D eigenvalue weighted by molar-refractivity contribution is 0.921. The molecule has 0 saturated heterocycles. The summed E-state index contributed by atoms with van der Waals surface area (Å²) in [6.07, 6.45) is 0. The zero-order valence-corrected chi connectivity index (χ0v) is 17.4. The van der Waals surface area contributed by atoms with Crippen molar-refractivity contribution in [3.63, 3.8) is 0 Å². The molecule has 4 aromatic carbocycles. The number of hydrogen-bond donors (Lipinski definition) is 0. The van der Waals surface area contributed by atoms with Crippen LogP contribution >= 0.6 is 0 Å². The van der Waals surface area contributed by atoms with Gasteiger partial charge < -0.3 is 4.90 Å². The Morgan fingerprint density at radius 2 is 1.32 bits per heavy atom. The van der Waals surface area contributed by atoms with E-state index in [9.17, 15) is 0 Å². The third-order valence-electron chi connectivity index (χ3n) is 5.38. The Labute approximate surface area is 182 Å². The average molecular weight is 402 g/mol. The summed E-state index contributed by atoms with van der Waals surface area (Å²) in [7, 11) is 0. The molecule has 150 valence electrons. The van der Waals surface area contributed by atoms with Crippen LogP contribution in [0, 0.1) is 6.92 Å². The van der Waals surface area contributed by atoms with Crippen molar-refractivity contribution in [3.05, 3.63) is 120 Å². The standard InChI is InChI=1S/C28H23N3/c1-21-17-18-26-25(19-21)27(23-13-7-3-8-14-23)30-28(29-26)31(24-15-9-4-10-16-24)20-22-11-5-2-6-12-22/h2-19H,20H2,1H3. The van der Waals surface area contributed by atoms with Gasteiger partial charge in [0.25, 0.3) is 0 Å². The van der Waals surface area contributed by atoms with Gasteiger partial charge in [-0.3, -0.25) is 0 Å². The van der Waals surface area contributed by atoms with E-state index in [-0.39, 0.29) is 0 Å². The summed E-state index contributed by atoms with van der Waals surface area (Å²) in [5, 5.41) is 1.07. The van der Waals surface area contributed by atoms with Gasteiger partial charge in [-0.25, -0.2) is 9.97 Å². The van der Waals surface area contributed by atoms with Gasteiger partial charge in [-0.15, -0.1) is 0 Å².